The van der Waals surface area contributed by atoms with Gasteiger partial charge in [-0.25, -0.2) is 4.79 Å². The molecule has 2 aromatic heterocycles. The van der Waals surface area contributed by atoms with E-state index >= 15 is 4.79 Å². The lowest BCUT2D eigenvalue weighted by molar-refractivity contribution is -0.136. The zero-order valence-electron chi connectivity index (χ0n) is 44.9. The van der Waals surface area contributed by atoms with Crippen molar-refractivity contribution >= 4 is 82.1 Å². The van der Waals surface area contributed by atoms with Crippen LogP contribution in [0.3, 0.4) is 0 Å². The van der Waals surface area contributed by atoms with Gasteiger partial charge < -0.3 is 36.5 Å². The first-order valence-corrected chi connectivity index (χ1v) is 29.0. The molecular weight excluding hydrogens is 1070 g/mol. The summed E-state index contributed by atoms with van der Waals surface area (Å²) in [5.41, 5.74) is 11.1. The third kappa shape index (κ3) is 12.0. The number of piperidine rings is 1. The van der Waals surface area contributed by atoms with Gasteiger partial charge in [0.1, 0.15) is 29.9 Å². The van der Waals surface area contributed by atoms with E-state index in [1.807, 2.05) is 91.0 Å². The molecule has 4 atom stereocenters. The van der Waals surface area contributed by atoms with E-state index < -0.39 is 78.8 Å². The van der Waals surface area contributed by atoms with E-state index in [1.165, 1.54) is 38.3 Å². The molecule has 424 valence electrons. The molecule has 0 radical (unpaired) electrons. The number of hydrogen-bond acceptors (Lipinski definition) is 10. The molecule has 7 aromatic rings. The van der Waals surface area contributed by atoms with Crippen molar-refractivity contribution in [2.24, 2.45) is 12.8 Å². The van der Waals surface area contributed by atoms with Crippen LogP contribution < -0.4 is 37.6 Å². The van der Waals surface area contributed by atoms with Gasteiger partial charge in [0.15, 0.2) is 0 Å². The van der Waals surface area contributed by atoms with Crippen LogP contribution in [0.2, 0.25) is 0 Å². The van der Waals surface area contributed by atoms with E-state index in [0.29, 0.717) is 40.5 Å². The molecule has 0 aliphatic carbocycles. The summed E-state index contributed by atoms with van der Waals surface area (Å²) in [4.78, 5) is 144. The van der Waals surface area contributed by atoms with Gasteiger partial charge in [0, 0.05) is 42.8 Å². The second-order valence-electron chi connectivity index (χ2n) is 21.3. The molecule has 0 saturated carbocycles. The number of nitrogens with two attached hydrogens (primary N) is 1. The lowest BCUT2D eigenvalue weighted by Gasteiger charge is -2.29. The Hall–Kier alpha value is -8.78. The highest BCUT2D eigenvalue weighted by Crippen LogP contribution is 2.42. The fourth-order valence-corrected chi connectivity index (χ4v) is 12.1. The Morgan fingerprint density at radius 2 is 1.44 bits per heavy atom. The average Bonchev–Trinajstić information content (AvgIpc) is 4.02. The number of fused-ring (bicyclic) bond motifs is 2. The van der Waals surface area contributed by atoms with E-state index in [-0.39, 0.29) is 61.4 Å². The second-order valence-corrected chi connectivity index (χ2v) is 22.8. The standard InChI is InChI=1S/C60H62N9O12P/c1-67-48-30-34(18-24-46(48)68(60(67)78)47-25-27-51(71)65-56(47)74)12-6-2-3-7-13-35-28-38-19-22-44(64-55(73)45-32-40-31-39(20-21-42(40)62-45)59(77)82(79,80)81)58(76)69-49(33-41(29-35)53(38)69)57(75)63-43(23-26-50(61)70)54(72)66-52(36-14-8-4-9-15-36)37-16-10-5-11-17-37/h4-5,8-11,14-18,20-21,24,28-32,43-44,47,49,52,62H,2-3,6-7,12-13,19,22-23,25-27,33H2,1H3,(H2,61,70)(H,63,75)(H,64,73)(H,66,72)(H,65,71,74)(H2,79,80,81)/t43-,44-,47?,49-/m0/s1. The SMILES string of the molecule is Cn1c(=O)n(C2CCC(=O)NC2=O)c2ccc(CCCCCCc3cc4c5c(c3)C[C@@H](C(=O)N[C@@H](CCC(N)=O)C(=O)NC(c3ccccc3)c3ccccc3)N5C(=O)[C@@H](NC(=O)c3cc5cc(C(=O)P(=O)(O)O)ccc5[nH]3)CC4)cc21. The van der Waals surface area contributed by atoms with Crippen molar-refractivity contribution < 1.29 is 52.7 Å². The molecule has 9 N–H and O–H groups in total. The van der Waals surface area contributed by atoms with Crippen LogP contribution in [0.5, 0.6) is 0 Å². The number of aryl methyl sites for hydroxylation is 4. The third-order valence-electron chi connectivity index (χ3n) is 15.7. The fraction of sp³-hybridized carbons (Fsp3) is 0.317. The number of imide groups is 1. The summed E-state index contributed by atoms with van der Waals surface area (Å²) in [6, 6.07) is 28.7. The van der Waals surface area contributed by atoms with E-state index in [1.54, 1.807) is 7.05 Å². The smallest absolute Gasteiger partial charge is 0.370 e. The van der Waals surface area contributed by atoms with Crippen molar-refractivity contribution in [3.05, 3.63) is 170 Å². The first-order valence-electron chi connectivity index (χ1n) is 27.4. The van der Waals surface area contributed by atoms with Gasteiger partial charge in [0.25, 0.3) is 11.4 Å². The largest absolute Gasteiger partial charge is 0.396 e. The molecule has 5 aromatic carbocycles. The number of rotatable bonds is 21. The zero-order valence-corrected chi connectivity index (χ0v) is 45.8. The molecule has 1 saturated heterocycles. The lowest BCUT2D eigenvalue weighted by atomic mass is 9.95. The maximum absolute atomic E-state index is 15.0. The number of H-pyrrole nitrogens is 1. The molecule has 5 heterocycles. The third-order valence-corrected chi connectivity index (χ3v) is 16.5. The first-order chi connectivity index (χ1) is 39.3. The second kappa shape index (κ2) is 23.7. The minimum atomic E-state index is -5.09. The van der Waals surface area contributed by atoms with E-state index in [4.69, 9.17) is 5.73 Å². The molecule has 1 fully saturated rings. The highest BCUT2D eigenvalue weighted by Gasteiger charge is 2.45. The Kier molecular flexibility index (Phi) is 16.4. The molecular formula is C60H62N9O12P. The number of amides is 7. The van der Waals surface area contributed by atoms with Crippen molar-refractivity contribution in [2.45, 2.75) is 114 Å². The van der Waals surface area contributed by atoms with Crippen LogP contribution in [0.25, 0.3) is 21.9 Å². The summed E-state index contributed by atoms with van der Waals surface area (Å²) in [5, 5.41) is 11.5. The predicted octanol–water partition coefficient (Wildman–Crippen LogP) is 5.12. The van der Waals surface area contributed by atoms with Crippen molar-refractivity contribution in [3.63, 3.8) is 0 Å². The van der Waals surface area contributed by atoms with Crippen molar-refractivity contribution in [2.75, 3.05) is 4.90 Å². The summed E-state index contributed by atoms with van der Waals surface area (Å²) in [5.74, 6) is -4.01. The number of aromatic amines is 1. The number of hydrogen-bond donors (Lipinski definition) is 8. The number of benzene rings is 5. The van der Waals surface area contributed by atoms with Crippen LogP contribution in [0.15, 0.2) is 120 Å². The first kappa shape index (κ1) is 56.5. The summed E-state index contributed by atoms with van der Waals surface area (Å²) in [7, 11) is -3.42. The van der Waals surface area contributed by atoms with Gasteiger partial charge >= 0.3 is 13.3 Å². The summed E-state index contributed by atoms with van der Waals surface area (Å²) in [6.45, 7) is 0. The normalized spacial score (nSPS) is 17.3. The Bertz CT molecular complexity index is 3770. The Morgan fingerprint density at radius 3 is 2.11 bits per heavy atom. The van der Waals surface area contributed by atoms with Gasteiger partial charge in [-0.3, -0.25) is 62.3 Å². The number of carbonyl (C=O) groups is 8. The number of nitrogens with zero attached hydrogens (tertiary/aromatic N) is 3. The van der Waals surface area contributed by atoms with Gasteiger partial charge in [-0.2, -0.15) is 0 Å². The topological polar surface area (TPSA) is 314 Å². The number of carbonyl (C=O) groups excluding carboxylic acids is 8. The minimum absolute atomic E-state index is 0.00591. The molecule has 1 unspecified atom stereocenters. The maximum Gasteiger partial charge on any atom is 0.396 e. The Labute approximate surface area is 470 Å². The Balaban J connectivity index is 0.864. The van der Waals surface area contributed by atoms with Crippen molar-refractivity contribution in [1.82, 2.24) is 35.4 Å². The highest BCUT2D eigenvalue weighted by atomic mass is 31.2. The van der Waals surface area contributed by atoms with Crippen LogP contribution >= 0.6 is 7.60 Å². The Morgan fingerprint density at radius 1 is 0.756 bits per heavy atom. The zero-order chi connectivity index (χ0) is 58.0. The molecule has 3 aliphatic heterocycles. The van der Waals surface area contributed by atoms with Gasteiger partial charge in [-0.15, -0.1) is 0 Å². The van der Waals surface area contributed by atoms with Crippen LogP contribution in [-0.2, 0) is 66.1 Å². The molecule has 0 spiro atoms. The molecule has 22 heteroatoms. The lowest BCUT2D eigenvalue weighted by Crippen LogP contribution is -2.57. The number of primary amides is 1. The predicted molar refractivity (Wildman–Crippen MR) is 303 cm³/mol. The monoisotopic (exact) mass is 1130 g/mol. The number of unbranched alkanes of at least 4 members (excludes halogenated alkanes) is 3. The molecule has 3 aliphatic rings. The van der Waals surface area contributed by atoms with Crippen molar-refractivity contribution in [1.29, 1.82) is 0 Å². The van der Waals surface area contributed by atoms with Crippen molar-refractivity contribution in [3.8, 4) is 0 Å². The van der Waals surface area contributed by atoms with Crippen LogP contribution in [0.1, 0.15) is 124 Å². The van der Waals surface area contributed by atoms with E-state index in [0.717, 1.165) is 65.5 Å². The number of aromatic nitrogens is 3. The average molecular weight is 1130 g/mol. The van der Waals surface area contributed by atoms with Gasteiger partial charge in [-0.1, -0.05) is 91.7 Å². The van der Waals surface area contributed by atoms with E-state index in [9.17, 15) is 52.7 Å². The maximum atomic E-state index is 15.0. The summed E-state index contributed by atoms with van der Waals surface area (Å²) >= 11 is 0. The number of anilines is 1. The number of nitrogens with one attached hydrogen (secondary N) is 5. The summed E-state index contributed by atoms with van der Waals surface area (Å²) < 4.78 is 14.7. The highest BCUT2D eigenvalue weighted by molar-refractivity contribution is 7.70. The molecule has 82 heavy (non-hydrogen) atoms. The van der Waals surface area contributed by atoms with Crippen LogP contribution in [0.4, 0.5) is 5.69 Å². The van der Waals surface area contributed by atoms with Gasteiger partial charge in [0.2, 0.25) is 35.4 Å². The van der Waals surface area contributed by atoms with Crippen LogP contribution in [-0.4, -0.2) is 88.9 Å². The molecule has 21 nitrogen and oxygen atoms in total. The fourth-order valence-electron chi connectivity index (χ4n) is 11.6. The van der Waals surface area contributed by atoms with E-state index in [2.05, 4.69) is 26.3 Å². The van der Waals surface area contributed by atoms with Gasteiger partial charge in [0.05, 0.1) is 22.8 Å². The van der Waals surface area contributed by atoms with Gasteiger partial charge in [-0.05, 0) is 121 Å². The number of imidazole rings is 1. The quantitative estimate of drug-likeness (QED) is 0.0264. The summed E-state index contributed by atoms with van der Waals surface area (Å²) in [6.07, 6.45) is 5.56. The van der Waals surface area contributed by atoms with Crippen LogP contribution in [0, 0.1) is 0 Å². The molecule has 0 bridgehead atoms. The minimum Gasteiger partial charge on any atom is -0.370 e. The molecule has 10 rings (SSSR count). The molecule has 7 amide bonds.